The average Bonchev–Trinajstić information content (AvgIpc) is 3.23. The van der Waals surface area contributed by atoms with Crippen LogP contribution in [0, 0.1) is 5.82 Å². The molecule has 1 aliphatic rings. The molecule has 7 heteroatoms. The van der Waals surface area contributed by atoms with Crippen LogP contribution in [0.4, 0.5) is 10.2 Å². The van der Waals surface area contributed by atoms with Crippen LogP contribution in [0.25, 0.3) is 22.2 Å². The first kappa shape index (κ1) is 14.9. The number of nitrogen functional groups attached to an aromatic ring is 1. The van der Waals surface area contributed by atoms with E-state index in [0.717, 1.165) is 19.4 Å². The Labute approximate surface area is 137 Å². The van der Waals surface area contributed by atoms with Crippen molar-refractivity contribution in [2.75, 3.05) is 18.9 Å². The predicted octanol–water partition coefficient (Wildman–Crippen LogP) is 3.17. The van der Waals surface area contributed by atoms with Crippen LogP contribution in [0.5, 0.6) is 5.75 Å². The van der Waals surface area contributed by atoms with Gasteiger partial charge in [-0.15, -0.1) is 0 Å². The van der Waals surface area contributed by atoms with Gasteiger partial charge in [0.15, 0.2) is 16.9 Å². The molecule has 0 saturated carbocycles. The molecule has 24 heavy (non-hydrogen) atoms. The maximum absolute atomic E-state index is 13.7. The highest BCUT2D eigenvalue weighted by Gasteiger charge is 2.18. The van der Waals surface area contributed by atoms with E-state index in [1.54, 1.807) is 18.3 Å². The van der Waals surface area contributed by atoms with Gasteiger partial charge < -0.3 is 19.7 Å². The molecule has 1 fully saturated rings. The first-order valence-corrected chi connectivity index (χ1v) is 7.76. The van der Waals surface area contributed by atoms with Crippen LogP contribution >= 0.6 is 0 Å². The summed E-state index contributed by atoms with van der Waals surface area (Å²) in [7, 11) is 0. The van der Waals surface area contributed by atoms with Crippen molar-refractivity contribution in [1.29, 1.82) is 0 Å². The monoisotopic (exact) mass is 329 g/mol. The molecule has 2 aromatic heterocycles. The third kappa shape index (κ3) is 2.78. The van der Waals surface area contributed by atoms with Crippen LogP contribution in [0.15, 0.2) is 35.0 Å². The average molecular weight is 329 g/mol. The molecule has 1 saturated heterocycles. The summed E-state index contributed by atoms with van der Waals surface area (Å²) in [6.07, 6.45) is 3.69. The van der Waals surface area contributed by atoms with Gasteiger partial charge in [-0.1, -0.05) is 5.16 Å². The van der Waals surface area contributed by atoms with E-state index in [1.165, 1.54) is 12.1 Å². The molecule has 0 bridgehead atoms. The van der Waals surface area contributed by atoms with Gasteiger partial charge in [0.05, 0.1) is 6.10 Å². The zero-order valence-corrected chi connectivity index (χ0v) is 12.9. The van der Waals surface area contributed by atoms with Gasteiger partial charge in [-0.3, -0.25) is 0 Å². The largest absolute Gasteiger partial charge is 0.490 e. The number of aromatic nitrogens is 2. The first-order valence-electron chi connectivity index (χ1n) is 7.76. The number of anilines is 1. The fourth-order valence-electron chi connectivity index (χ4n) is 2.81. The van der Waals surface area contributed by atoms with Crippen LogP contribution in [0.1, 0.15) is 12.8 Å². The molecule has 0 spiro atoms. The predicted molar refractivity (Wildman–Crippen MR) is 86.1 cm³/mol. The van der Waals surface area contributed by atoms with E-state index >= 15 is 0 Å². The summed E-state index contributed by atoms with van der Waals surface area (Å²) in [5.74, 6) is 0.442. The highest BCUT2D eigenvalue weighted by molar-refractivity contribution is 5.86. The van der Waals surface area contributed by atoms with Crippen molar-refractivity contribution in [3.05, 3.63) is 36.3 Å². The number of ether oxygens (including phenoxy) is 2. The van der Waals surface area contributed by atoms with Gasteiger partial charge >= 0.3 is 0 Å². The molecule has 4 rings (SSSR count). The lowest BCUT2D eigenvalue weighted by molar-refractivity contribution is 0.0681. The van der Waals surface area contributed by atoms with Gasteiger partial charge in [0.2, 0.25) is 0 Å². The summed E-state index contributed by atoms with van der Waals surface area (Å²) in [6.45, 7) is 1.20. The normalized spacial score (nSPS) is 17.5. The quantitative estimate of drug-likeness (QED) is 0.791. The summed E-state index contributed by atoms with van der Waals surface area (Å²) in [4.78, 5) is 4.24. The number of nitrogens with zero attached hydrogens (tertiary/aromatic N) is 2. The summed E-state index contributed by atoms with van der Waals surface area (Å²) in [6, 6.07) is 6.11. The third-order valence-electron chi connectivity index (χ3n) is 4.04. The third-order valence-corrected chi connectivity index (χ3v) is 4.04. The molecular formula is C17H16FN3O3. The Morgan fingerprint density at radius 1 is 1.33 bits per heavy atom. The summed E-state index contributed by atoms with van der Waals surface area (Å²) >= 11 is 0. The number of benzene rings is 1. The summed E-state index contributed by atoms with van der Waals surface area (Å²) in [5, 5.41) is 3.68. The Bertz CT molecular complexity index is 875. The fraction of sp³-hybridized carbons (Fsp3) is 0.294. The van der Waals surface area contributed by atoms with Crippen molar-refractivity contribution in [2.24, 2.45) is 0 Å². The van der Waals surface area contributed by atoms with Crippen molar-refractivity contribution in [2.45, 2.75) is 18.9 Å². The van der Waals surface area contributed by atoms with Crippen LogP contribution < -0.4 is 10.5 Å². The second-order valence-corrected chi connectivity index (χ2v) is 5.73. The number of fused-ring (bicyclic) bond motifs is 1. The van der Waals surface area contributed by atoms with Gasteiger partial charge in [-0.05, 0) is 37.1 Å². The van der Waals surface area contributed by atoms with E-state index < -0.39 is 0 Å². The molecule has 1 unspecified atom stereocenters. The molecule has 1 aliphatic heterocycles. The highest BCUT2D eigenvalue weighted by atomic mass is 19.1. The second-order valence-electron chi connectivity index (χ2n) is 5.73. The van der Waals surface area contributed by atoms with Crippen LogP contribution in [0.3, 0.4) is 0 Å². The zero-order chi connectivity index (χ0) is 16.5. The summed E-state index contributed by atoms with van der Waals surface area (Å²) < 4.78 is 30.3. The van der Waals surface area contributed by atoms with Crippen molar-refractivity contribution in [3.8, 4) is 16.9 Å². The van der Waals surface area contributed by atoms with Gasteiger partial charge in [0.1, 0.15) is 18.2 Å². The maximum Gasteiger partial charge on any atom is 0.193 e. The molecule has 0 amide bonds. The van der Waals surface area contributed by atoms with Gasteiger partial charge in [0.25, 0.3) is 0 Å². The summed E-state index contributed by atoms with van der Waals surface area (Å²) in [5.41, 5.74) is 7.86. The van der Waals surface area contributed by atoms with Gasteiger partial charge in [0, 0.05) is 23.9 Å². The molecule has 1 aromatic carbocycles. The molecule has 0 aliphatic carbocycles. The number of hydrogen-bond donors (Lipinski definition) is 1. The molecule has 124 valence electrons. The number of halogens is 1. The Balaban J connectivity index is 1.67. The first-order chi connectivity index (χ1) is 11.7. The number of rotatable bonds is 4. The molecule has 6 nitrogen and oxygen atoms in total. The SMILES string of the molecule is Nc1noc2cc(-c3cc(F)ccc3OCC3CCCO3)cnc12. The van der Waals surface area contributed by atoms with E-state index in [1.807, 2.05) is 0 Å². The van der Waals surface area contributed by atoms with Crippen molar-refractivity contribution in [1.82, 2.24) is 10.1 Å². The molecule has 0 radical (unpaired) electrons. The minimum Gasteiger partial charge on any atom is -0.490 e. The lowest BCUT2D eigenvalue weighted by atomic mass is 10.1. The Hall–Kier alpha value is -2.67. The topological polar surface area (TPSA) is 83.4 Å². The highest BCUT2D eigenvalue weighted by Crippen LogP contribution is 2.33. The molecule has 3 heterocycles. The van der Waals surface area contributed by atoms with Crippen LogP contribution in [0.2, 0.25) is 0 Å². The minimum absolute atomic E-state index is 0.0811. The smallest absolute Gasteiger partial charge is 0.193 e. The number of nitrogens with two attached hydrogens (primary N) is 1. The van der Waals surface area contributed by atoms with Crippen molar-refractivity contribution >= 4 is 16.9 Å². The van der Waals surface area contributed by atoms with E-state index in [9.17, 15) is 4.39 Å². The Kier molecular flexibility index (Phi) is 3.78. The standard InChI is InChI=1S/C17H16FN3O3/c18-11-3-4-14(23-9-12-2-1-5-22-12)13(7-11)10-6-15-16(20-8-10)17(19)21-24-15/h3-4,6-8,12H,1-2,5,9H2,(H2,19,21). The molecule has 3 aromatic rings. The Morgan fingerprint density at radius 3 is 3.08 bits per heavy atom. The minimum atomic E-state index is -0.355. The number of pyridine rings is 1. The van der Waals surface area contributed by atoms with E-state index in [2.05, 4.69) is 10.1 Å². The second kappa shape index (κ2) is 6.09. The van der Waals surface area contributed by atoms with Crippen LogP contribution in [-0.2, 0) is 4.74 Å². The van der Waals surface area contributed by atoms with Crippen LogP contribution in [-0.4, -0.2) is 29.5 Å². The Morgan fingerprint density at radius 2 is 2.25 bits per heavy atom. The molecule has 1 atom stereocenters. The maximum atomic E-state index is 13.7. The lowest BCUT2D eigenvalue weighted by Crippen LogP contribution is -2.16. The fourth-order valence-corrected chi connectivity index (χ4v) is 2.81. The lowest BCUT2D eigenvalue weighted by Gasteiger charge is -2.14. The van der Waals surface area contributed by atoms with E-state index in [-0.39, 0.29) is 17.7 Å². The zero-order valence-electron chi connectivity index (χ0n) is 12.9. The molecular weight excluding hydrogens is 313 g/mol. The van der Waals surface area contributed by atoms with Crippen molar-refractivity contribution < 1.29 is 18.4 Å². The molecule has 2 N–H and O–H groups in total. The van der Waals surface area contributed by atoms with Gasteiger partial charge in [-0.2, -0.15) is 0 Å². The van der Waals surface area contributed by atoms with Gasteiger partial charge in [-0.25, -0.2) is 9.37 Å². The number of hydrogen-bond acceptors (Lipinski definition) is 6. The van der Waals surface area contributed by atoms with E-state index in [0.29, 0.717) is 34.6 Å². The van der Waals surface area contributed by atoms with E-state index in [4.69, 9.17) is 19.7 Å². The van der Waals surface area contributed by atoms with Crippen molar-refractivity contribution in [3.63, 3.8) is 0 Å².